The SMILES string of the molecule is CC1(C)CC(C(S)c2n[nH]c(=O)[nH]2)=NO1. The Labute approximate surface area is 91.5 Å². The van der Waals surface area contributed by atoms with Crippen LogP contribution in [-0.2, 0) is 4.84 Å². The summed E-state index contributed by atoms with van der Waals surface area (Å²) in [5.74, 6) is 0.461. The van der Waals surface area contributed by atoms with Crippen LogP contribution in [-0.4, -0.2) is 26.5 Å². The van der Waals surface area contributed by atoms with Crippen LogP contribution in [0.2, 0.25) is 0 Å². The van der Waals surface area contributed by atoms with Gasteiger partial charge in [0.1, 0.15) is 16.7 Å². The molecular weight excluding hydrogens is 216 g/mol. The zero-order valence-electron chi connectivity index (χ0n) is 8.44. The Kier molecular flexibility index (Phi) is 2.34. The molecule has 0 aliphatic carbocycles. The summed E-state index contributed by atoms with van der Waals surface area (Å²) in [4.78, 5) is 18.6. The Morgan fingerprint density at radius 1 is 1.60 bits per heavy atom. The number of aromatic nitrogens is 3. The van der Waals surface area contributed by atoms with Crippen molar-refractivity contribution in [2.24, 2.45) is 5.16 Å². The van der Waals surface area contributed by atoms with E-state index in [2.05, 4.69) is 33.0 Å². The fourth-order valence-corrected chi connectivity index (χ4v) is 1.66. The molecule has 1 aliphatic rings. The number of H-pyrrole nitrogens is 2. The quantitative estimate of drug-likeness (QED) is 0.649. The second-order valence-electron chi connectivity index (χ2n) is 4.08. The van der Waals surface area contributed by atoms with E-state index in [9.17, 15) is 4.79 Å². The molecule has 1 aromatic heterocycles. The third-order valence-corrected chi connectivity index (χ3v) is 2.65. The summed E-state index contributed by atoms with van der Waals surface area (Å²) >= 11 is 4.34. The zero-order valence-corrected chi connectivity index (χ0v) is 9.34. The third-order valence-electron chi connectivity index (χ3n) is 2.11. The van der Waals surface area contributed by atoms with Crippen LogP contribution in [0.3, 0.4) is 0 Å². The number of nitrogens with zero attached hydrogens (tertiary/aromatic N) is 2. The maximum atomic E-state index is 10.9. The Morgan fingerprint density at radius 2 is 2.33 bits per heavy atom. The highest BCUT2D eigenvalue weighted by Crippen LogP contribution is 2.30. The van der Waals surface area contributed by atoms with Gasteiger partial charge in [-0.2, -0.15) is 17.7 Å². The molecule has 2 N–H and O–H groups in total. The normalized spacial score (nSPS) is 20.9. The molecule has 0 radical (unpaired) electrons. The van der Waals surface area contributed by atoms with Crippen LogP contribution in [0.5, 0.6) is 0 Å². The Morgan fingerprint density at radius 3 is 2.80 bits per heavy atom. The molecule has 82 valence electrons. The fourth-order valence-electron chi connectivity index (χ4n) is 1.40. The summed E-state index contributed by atoms with van der Waals surface area (Å²) in [7, 11) is 0. The second kappa shape index (κ2) is 3.41. The summed E-state index contributed by atoms with van der Waals surface area (Å²) in [6, 6.07) is 0. The number of oxime groups is 1. The summed E-state index contributed by atoms with van der Waals surface area (Å²) < 4.78 is 0. The average molecular weight is 228 g/mol. The molecule has 1 unspecified atom stereocenters. The van der Waals surface area contributed by atoms with Gasteiger partial charge in [0.05, 0.1) is 5.71 Å². The smallest absolute Gasteiger partial charge is 0.340 e. The lowest BCUT2D eigenvalue weighted by molar-refractivity contribution is 0.0123. The minimum atomic E-state index is -0.345. The average Bonchev–Trinajstić information content (AvgIpc) is 2.71. The minimum Gasteiger partial charge on any atom is -0.389 e. The Bertz CT molecular complexity index is 447. The van der Waals surface area contributed by atoms with E-state index in [1.165, 1.54) is 0 Å². The first kappa shape index (κ1) is 10.3. The van der Waals surface area contributed by atoms with Crippen LogP contribution in [0.1, 0.15) is 31.3 Å². The standard InChI is InChI=1S/C8H12N4O2S/c1-8(2)3-4(12-14-8)5(15)6-9-7(13)11-10-6/h5,15H,3H2,1-2H3,(H2,9,10,11,13). The van der Waals surface area contributed by atoms with Gasteiger partial charge in [0.25, 0.3) is 0 Å². The molecule has 0 amide bonds. The predicted molar refractivity (Wildman–Crippen MR) is 58.2 cm³/mol. The van der Waals surface area contributed by atoms with Gasteiger partial charge >= 0.3 is 5.69 Å². The molecule has 6 nitrogen and oxygen atoms in total. The van der Waals surface area contributed by atoms with Crippen LogP contribution >= 0.6 is 12.6 Å². The highest BCUT2D eigenvalue weighted by molar-refractivity contribution is 7.81. The van der Waals surface area contributed by atoms with Crippen LogP contribution in [0.4, 0.5) is 0 Å². The summed E-state index contributed by atoms with van der Waals surface area (Å²) in [6.45, 7) is 3.88. The van der Waals surface area contributed by atoms with E-state index in [1.807, 2.05) is 13.8 Å². The number of hydrogen-bond donors (Lipinski definition) is 3. The number of thiol groups is 1. The van der Waals surface area contributed by atoms with Crippen molar-refractivity contribution in [1.82, 2.24) is 15.2 Å². The van der Waals surface area contributed by atoms with E-state index in [1.54, 1.807) is 0 Å². The molecule has 1 aliphatic heterocycles. The maximum absolute atomic E-state index is 10.9. The number of rotatable bonds is 2. The van der Waals surface area contributed by atoms with E-state index >= 15 is 0 Å². The van der Waals surface area contributed by atoms with Gasteiger partial charge in [-0.25, -0.2) is 9.89 Å². The molecule has 15 heavy (non-hydrogen) atoms. The second-order valence-corrected chi connectivity index (χ2v) is 4.59. The van der Waals surface area contributed by atoms with Crippen LogP contribution < -0.4 is 5.69 Å². The van der Waals surface area contributed by atoms with Gasteiger partial charge in [-0.05, 0) is 13.8 Å². The lowest BCUT2D eigenvalue weighted by atomic mass is 10.0. The largest absolute Gasteiger partial charge is 0.389 e. The van der Waals surface area contributed by atoms with E-state index in [0.29, 0.717) is 12.2 Å². The first-order valence-electron chi connectivity index (χ1n) is 4.55. The molecule has 0 fully saturated rings. The first-order valence-corrected chi connectivity index (χ1v) is 5.07. The van der Waals surface area contributed by atoms with Crippen molar-refractivity contribution in [2.75, 3.05) is 0 Å². The monoisotopic (exact) mass is 228 g/mol. The van der Waals surface area contributed by atoms with Crippen molar-refractivity contribution in [2.45, 2.75) is 31.1 Å². The van der Waals surface area contributed by atoms with Crippen LogP contribution in [0, 0.1) is 0 Å². The summed E-state index contributed by atoms with van der Waals surface area (Å²) in [5, 5.41) is 9.70. The molecule has 0 saturated heterocycles. The molecule has 7 heteroatoms. The topological polar surface area (TPSA) is 83.1 Å². The van der Waals surface area contributed by atoms with Crippen molar-refractivity contribution in [3.8, 4) is 0 Å². The van der Waals surface area contributed by atoms with Crippen LogP contribution in [0.25, 0.3) is 0 Å². The van der Waals surface area contributed by atoms with E-state index in [-0.39, 0.29) is 16.5 Å². The fraction of sp³-hybridized carbons (Fsp3) is 0.625. The minimum absolute atomic E-state index is 0.299. The molecular formula is C8H12N4O2S. The highest BCUT2D eigenvalue weighted by Gasteiger charge is 2.33. The van der Waals surface area contributed by atoms with Crippen molar-refractivity contribution in [3.63, 3.8) is 0 Å². The van der Waals surface area contributed by atoms with E-state index < -0.39 is 0 Å². The molecule has 0 aromatic carbocycles. The van der Waals surface area contributed by atoms with Gasteiger partial charge in [-0.15, -0.1) is 0 Å². The molecule has 1 aromatic rings. The lowest BCUT2D eigenvalue weighted by Crippen LogP contribution is -2.20. The molecule has 0 spiro atoms. The van der Waals surface area contributed by atoms with Crippen LogP contribution in [0.15, 0.2) is 9.95 Å². The van der Waals surface area contributed by atoms with Crippen molar-refractivity contribution in [1.29, 1.82) is 0 Å². The Hall–Kier alpha value is -1.24. The van der Waals surface area contributed by atoms with Gasteiger partial charge in [0.2, 0.25) is 0 Å². The maximum Gasteiger partial charge on any atom is 0.340 e. The Balaban J connectivity index is 2.16. The number of aromatic amines is 2. The summed E-state index contributed by atoms with van der Waals surface area (Å²) in [6.07, 6.45) is 0.677. The molecule has 0 saturated carbocycles. The lowest BCUT2D eigenvalue weighted by Gasteiger charge is -2.14. The van der Waals surface area contributed by atoms with Crippen molar-refractivity contribution in [3.05, 3.63) is 16.3 Å². The van der Waals surface area contributed by atoms with Gasteiger partial charge in [-0.3, -0.25) is 4.98 Å². The molecule has 2 rings (SSSR count). The first-order chi connectivity index (χ1) is 6.98. The molecule has 2 heterocycles. The van der Waals surface area contributed by atoms with Crippen molar-refractivity contribution < 1.29 is 4.84 Å². The number of nitrogens with one attached hydrogen (secondary N) is 2. The van der Waals surface area contributed by atoms with Crippen molar-refractivity contribution >= 4 is 18.3 Å². The molecule has 1 atom stereocenters. The highest BCUT2D eigenvalue weighted by atomic mass is 32.1. The van der Waals surface area contributed by atoms with Gasteiger partial charge < -0.3 is 4.84 Å². The summed E-state index contributed by atoms with van der Waals surface area (Å²) in [5.41, 5.74) is 0.126. The van der Waals surface area contributed by atoms with Gasteiger partial charge in [0.15, 0.2) is 0 Å². The third kappa shape index (κ3) is 2.06. The molecule has 0 bridgehead atoms. The zero-order chi connectivity index (χ0) is 11.1. The van der Waals surface area contributed by atoms with Gasteiger partial charge in [-0.1, -0.05) is 5.16 Å². The van der Waals surface area contributed by atoms with Gasteiger partial charge in [0, 0.05) is 6.42 Å². The van der Waals surface area contributed by atoms with E-state index in [0.717, 1.165) is 5.71 Å². The predicted octanol–water partition coefficient (Wildman–Crippen LogP) is 0.624. The number of hydrogen-bond acceptors (Lipinski definition) is 5. The van der Waals surface area contributed by atoms with E-state index in [4.69, 9.17) is 4.84 Å².